The normalized spacial score (nSPS) is 12.8. The number of benzene rings is 1. The summed E-state index contributed by atoms with van der Waals surface area (Å²) in [6.45, 7) is 6.26. The van der Waals surface area contributed by atoms with E-state index in [9.17, 15) is 0 Å². The highest BCUT2D eigenvalue weighted by atomic mass is 32.2. The summed E-state index contributed by atoms with van der Waals surface area (Å²) < 4.78 is 5.24. The average Bonchev–Trinajstić information content (AvgIpc) is 2.94. The Morgan fingerprint density at radius 3 is 2.45 bits per heavy atom. The molecule has 108 valence electrons. The fourth-order valence-corrected chi connectivity index (χ4v) is 2.46. The zero-order valence-corrected chi connectivity index (χ0v) is 13.2. The SMILES string of the molecule is CNC(C)c1ccc(SCc2nc(C(C)C)no2)cc1. The van der Waals surface area contributed by atoms with Crippen LogP contribution in [0.3, 0.4) is 0 Å². The number of aromatic nitrogens is 2. The molecular weight excluding hydrogens is 270 g/mol. The lowest BCUT2D eigenvalue weighted by Gasteiger charge is -2.10. The predicted molar refractivity (Wildman–Crippen MR) is 81.9 cm³/mol. The molecular formula is C15H21N3OS. The molecule has 0 aliphatic heterocycles. The quantitative estimate of drug-likeness (QED) is 0.821. The van der Waals surface area contributed by atoms with Crippen molar-refractivity contribution in [2.75, 3.05) is 7.05 Å². The van der Waals surface area contributed by atoms with Crippen LogP contribution in [0.25, 0.3) is 0 Å². The molecule has 0 saturated heterocycles. The molecule has 0 bridgehead atoms. The second-order valence-corrected chi connectivity index (χ2v) is 6.12. The third-order valence-electron chi connectivity index (χ3n) is 3.18. The van der Waals surface area contributed by atoms with Crippen molar-refractivity contribution >= 4 is 11.8 Å². The third kappa shape index (κ3) is 3.84. The number of hydrogen-bond donors (Lipinski definition) is 1. The van der Waals surface area contributed by atoms with Crippen LogP contribution in [-0.2, 0) is 5.75 Å². The lowest BCUT2D eigenvalue weighted by Crippen LogP contribution is -2.11. The van der Waals surface area contributed by atoms with Gasteiger partial charge in [-0.25, -0.2) is 0 Å². The van der Waals surface area contributed by atoms with Gasteiger partial charge in [-0.15, -0.1) is 11.8 Å². The van der Waals surface area contributed by atoms with Gasteiger partial charge in [0.15, 0.2) is 5.82 Å². The van der Waals surface area contributed by atoms with Gasteiger partial charge in [0, 0.05) is 16.9 Å². The molecule has 5 heteroatoms. The molecule has 1 N–H and O–H groups in total. The molecule has 0 aliphatic carbocycles. The summed E-state index contributed by atoms with van der Waals surface area (Å²) in [6, 6.07) is 8.94. The van der Waals surface area contributed by atoms with E-state index >= 15 is 0 Å². The molecule has 0 fully saturated rings. The number of hydrogen-bond acceptors (Lipinski definition) is 5. The van der Waals surface area contributed by atoms with Crippen LogP contribution in [0.4, 0.5) is 0 Å². The van der Waals surface area contributed by atoms with E-state index in [0.717, 1.165) is 5.82 Å². The highest BCUT2D eigenvalue weighted by Gasteiger charge is 2.10. The zero-order chi connectivity index (χ0) is 14.5. The Morgan fingerprint density at radius 2 is 1.90 bits per heavy atom. The first-order valence-corrected chi connectivity index (χ1v) is 7.81. The van der Waals surface area contributed by atoms with Crippen molar-refractivity contribution in [2.24, 2.45) is 0 Å². The van der Waals surface area contributed by atoms with Crippen LogP contribution >= 0.6 is 11.8 Å². The summed E-state index contributed by atoms with van der Waals surface area (Å²) in [4.78, 5) is 5.58. The van der Waals surface area contributed by atoms with E-state index in [1.807, 2.05) is 7.05 Å². The summed E-state index contributed by atoms with van der Waals surface area (Å²) in [5.41, 5.74) is 1.29. The molecule has 0 saturated carbocycles. The summed E-state index contributed by atoms with van der Waals surface area (Å²) >= 11 is 1.71. The Morgan fingerprint density at radius 1 is 1.20 bits per heavy atom. The fraction of sp³-hybridized carbons (Fsp3) is 0.467. The predicted octanol–water partition coefficient (Wildman–Crippen LogP) is 3.77. The van der Waals surface area contributed by atoms with Gasteiger partial charge in [0.2, 0.25) is 5.89 Å². The van der Waals surface area contributed by atoms with Gasteiger partial charge in [0.05, 0.1) is 5.75 Å². The van der Waals surface area contributed by atoms with Crippen LogP contribution in [0.1, 0.15) is 50.0 Å². The van der Waals surface area contributed by atoms with Crippen LogP contribution in [0.5, 0.6) is 0 Å². The van der Waals surface area contributed by atoms with Gasteiger partial charge in [0.1, 0.15) is 0 Å². The van der Waals surface area contributed by atoms with Crippen molar-refractivity contribution in [1.82, 2.24) is 15.5 Å². The molecule has 2 rings (SSSR count). The second kappa shape index (κ2) is 6.90. The number of nitrogens with one attached hydrogen (secondary N) is 1. The van der Waals surface area contributed by atoms with Crippen LogP contribution in [0.2, 0.25) is 0 Å². The lowest BCUT2D eigenvalue weighted by molar-refractivity contribution is 0.383. The number of rotatable bonds is 6. The molecule has 4 nitrogen and oxygen atoms in total. The van der Waals surface area contributed by atoms with Crippen LogP contribution in [0, 0.1) is 0 Å². The van der Waals surface area contributed by atoms with E-state index in [1.165, 1.54) is 10.5 Å². The van der Waals surface area contributed by atoms with Crippen molar-refractivity contribution in [3.63, 3.8) is 0 Å². The maximum absolute atomic E-state index is 5.24. The van der Waals surface area contributed by atoms with Crippen LogP contribution in [-0.4, -0.2) is 17.2 Å². The molecule has 1 aromatic heterocycles. The first kappa shape index (κ1) is 15.1. The summed E-state index contributed by atoms with van der Waals surface area (Å²) in [5, 5.41) is 7.20. The van der Waals surface area contributed by atoms with Gasteiger partial charge >= 0.3 is 0 Å². The van der Waals surface area contributed by atoms with E-state index in [1.54, 1.807) is 11.8 Å². The Balaban J connectivity index is 1.93. The highest BCUT2D eigenvalue weighted by Crippen LogP contribution is 2.24. The first-order chi connectivity index (χ1) is 9.60. The molecule has 0 radical (unpaired) electrons. The van der Waals surface area contributed by atoms with Gasteiger partial charge in [-0.05, 0) is 31.7 Å². The highest BCUT2D eigenvalue weighted by molar-refractivity contribution is 7.98. The summed E-state index contributed by atoms with van der Waals surface area (Å²) in [7, 11) is 1.97. The van der Waals surface area contributed by atoms with Gasteiger partial charge in [0.25, 0.3) is 0 Å². The number of thioether (sulfide) groups is 1. The van der Waals surface area contributed by atoms with E-state index in [0.29, 0.717) is 23.6 Å². The van der Waals surface area contributed by atoms with Gasteiger partial charge in [-0.3, -0.25) is 0 Å². The van der Waals surface area contributed by atoms with Crippen molar-refractivity contribution in [3.8, 4) is 0 Å². The molecule has 1 heterocycles. The lowest BCUT2D eigenvalue weighted by atomic mass is 10.1. The Hall–Kier alpha value is -1.33. The first-order valence-electron chi connectivity index (χ1n) is 6.82. The Bertz CT molecular complexity index is 536. The monoisotopic (exact) mass is 291 g/mol. The molecule has 1 unspecified atom stereocenters. The largest absolute Gasteiger partial charge is 0.338 e. The number of nitrogens with zero attached hydrogens (tertiary/aromatic N) is 2. The van der Waals surface area contributed by atoms with Crippen molar-refractivity contribution < 1.29 is 4.52 Å². The fourth-order valence-electron chi connectivity index (χ4n) is 1.73. The molecule has 2 aromatic rings. The standard InChI is InChI=1S/C15H21N3OS/c1-10(2)15-17-14(19-18-15)9-20-13-7-5-12(6-8-13)11(3)16-4/h5-8,10-11,16H,9H2,1-4H3. The van der Waals surface area contributed by atoms with E-state index in [2.05, 4.69) is 60.5 Å². The van der Waals surface area contributed by atoms with Crippen molar-refractivity contribution in [2.45, 2.75) is 43.4 Å². The molecule has 0 aliphatic rings. The Kier molecular flexibility index (Phi) is 5.20. The minimum Gasteiger partial charge on any atom is -0.338 e. The van der Waals surface area contributed by atoms with E-state index < -0.39 is 0 Å². The van der Waals surface area contributed by atoms with Crippen molar-refractivity contribution in [1.29, 1.82) is 0 Å². The smallest absolute Gasteiger partial charge is 0.237 e. The summed E-state index contributed by atoms with van der Waals surface area (Å²) in [5.74, 6) is 2.48. The average molecular weight is 291 g/mol. The second-order valence-electron chi connectivity index (χ2n) is 5.07. The zero-order valence-electron chi connectivity index (χ0n) is 12.4. The minimum atomic E-state index is 0.305. The Labute approximate surface area is 124 Å². The molecule has 20 heavy (non-hydrogen) atoms. The maximum atomic E-state index is 5.24. The third-order valence-corrected chi connectivity index (χ3v) is 4.17. The molecule has 0 spiro atoms. The van der Waals surface area contributed by atoms with E-state index in [4.69, 9.17) is 4.52 Å². The van der Waals surface area contributed by atoms with Crippen LogP contribution < -0.4 is 5.32 Å². The molecule has 1 aromatic carbocycles. The topological polar surface area (TPSA) is 51.0 Å². The summed E-state index contributed by atoms with van der Waals surface area (Å²) in [6.07, 6.45) is 0. The van der Waals surface area contributed by atoms with Gasteiger partial charge in [-0.1, -0.05) is 31.1 Å². The molecule has 0 amide bonds. The maximum Gasteiger partial charge on any atom is 0.237 e. The van der Waals surface area contributed by atoms with E-state index in [-0.39, 0.29) is 0 Å². The van der Waals surface area contributed by atoms with Gasteiger partial charge < -0.3 is 9.84 Å². The molecule has 1 atom stereocenters. The van der Waals surface area contributed by atoms with Crippen LogP contribution in [0.15, 0.2) is 33.7 Å². The van der Waals surface area contributed by atoms with Gasteiger partial charge in [-0.2, -0.15) is 4.98 Å². The minimum absolute atomic E-state index is 0.305. The van der Waals surface area contributed by atoms with Crippen molar-refractivity contribution in [3.05, 3.63) is 41.5 Å².